The van der Waals surface area contributed by atoms with E-state index in [1.165, 1.54) is 0 Å². The number of aliphatic hydroxyl groups is 1. The summed E-state index contributed by atoms with van der Waals surface area (Å²) >= 11 is 1.84. The van der Waals surface area contributed by atoms with Gasteiger partial charge in [-0.25, -0.2) is 4.79 Å². The van der Waals surface area contributed by atoms with Gasteiger partial charge in [0.1, 0.15) is 0 Å². The highest BCUT2D eigenvalue weighted by Crippen LogP contribution is 2.35. The second kappa shape index (κ2) is 11.2. The maximum Gasteiger partial charge on any atom is 0.348 e. The minimum Gasteiger partial charge on any atom is -0.480 e. The molecule has 0 aromatic carbocycles. The molecule has 0 aliphatic heterocycles. The Hall–Kier alpha value is -0.400. The van der Waals surface area contributed by atoms with Gasteiger partial charge in [-0.15, -0.1) is 23.5 Å². The van der Waals surface area contributed by atoms with E-state index in [1.54, 1.807) is 0 Å². The van der Waals surface area contributed by atoms with Crippen molar-refractivity contribution in [3.8, 4) is 0 Å². The molecule has 2 atom stereocenters. The minimum absolute atomic E-state index is 0.440. The fourth-order valence-corrected chi connectivity index (χ4v) is 4.25. The molecular weight excluding hydrogens is 312 g/mol. The fourth-order valence-electron chi connectivity index (χ4n) is 1.73. The van der Waals surface area contributed by atoms with Gasteiger partial charge in [-0.2, -0.15) is 0 Å². The molecule has 0 amide bonds. The van der Waals surface area contributed by atoms with Gasteiger partial charge in [0, 0.05) is 0 Å². The number of carbonyl (C=O) groups is 2. The molecule has 0 heterocycles. The van der Waals surface area contributed by atoms with Crippen LogP contribution in [-0.4, -0.2) is 48.9 Å². The zero-order chi connectivity index (χ0) is 16.3. The van der Waals surface area contributed by atoms with E-state index < -0.39 is 22.1 Å². The first-order chi connectivity index (χ1) is 9.90. The Bertz CT molecular complexity index is 324. The number of unbranched alkanes of at least 4 members (excludes halogenated alkanes) is 4. The highest BCUT2D eigenvalue weighted by molar-refractivity contribution is 8.05. The van der Waals surface area contributed by atoms with E-state index >= 15 is 0 Å². The molecule has 0 spiro atoms. The van der Waals surface area contributed by atoms with Gasteiger partial charge in [0.05, 0.1) is 0 Å². The maximum atomic E-state index is 11.4. The minimum atomic E-state index is -2.27. The second-order valence-corrected chi connectivity index (χ2v) is 7.39. The third kappa shape index (κ3) is 7.42. The molecular formula is C14H26O5S2. The van der Waals surface area contributed by atoms with E-state index in [1.807, 2.05) is 13.8 Å². The van der Waals surface area contributed by atoms with Crippen LogP contribution in [0.5, 0.6) is 0 Å². The van der Waals surface area contributed by atoms with Crippen molar-refractivity contribution in [1.82, 2.24) is 0 Å². The number of carboxylic acids is 2. The lowest BCUT2D eigenvalue weighted by molar-refractivity contribution is -0.155. The van der Waals surface area contributed by atoms with Crippen molar-refractivity contribution in [2.45, 2.75) is 62.6 Å². The summed E-state index contributed by atoms with van der Waals surface area (Å²) in [4.78, 5) is 20.5. The first-order valence-electron chi connectivity index (χ1n) is 7.34. The molecule has 0 radical (unpaired) electrons. The maximum absolute atomic E-state index is 11.4. The molecule has 0 aliphatic carbocycles. The summed E-state index contributed by atoms with van der Waals surface area (Å²) in [5.74, 6) is -1.77. The van der Waals surface area contributed by atoms with Gasteiger partial charge in [0.25, 0.3) is 0 Å². The predicted octanol–water partition coefficient (Wildman–Crippen LogP) is 3.06. The van der Waals surface area contributed by atoms with Crippen molar-refractivity contribution in [2.24, 2.45) is 0 Å². The number of aliphatic carboxylic acids is 2. The molecule has 0 aliphatic rings. The van der Waals surface area contributed by atoms with Gasteiger partial charge in [-0.1, -0.05) is 39.5 Å². The highest BCUT2D eigenvalue weighted by Gasteiger charge is 2.49. The number of hydrogen-bond donors (Lipinski definition) is 3. The van der Waals surface area contributed by atoms with Crippen LogP contribution >= 0.6 is 23.5 Å². The van der Waals surface area contributed by atoms with Gasteiger partial charge in [-0.05, 0) is 24.3 Å². The first-order valence-corrected chi connectivity index (χ1v) is 9.37. The van der Waals surface area contributed by atoms with E-state index in [0.29, 0.717) is 11.5 Å². The van der Waals surface area contributed by atoms with Crippen LogP contribution in [0, 0.1) is 0 Å². The molecule has 0 saturated heterocycles. The number of thioether (sulfide) groups is 2. The number of hydrogen-bond acceptors (Lipinski definition) is 5. The summed E-state index contributed by atoms with van der Waals surface area (Å²) in [6.45, 7) is 4.06. The van der Waals surface area contributed by atoms with Crippen LogP contribution in [0.3, 0.4) is 0 Å². The molecule has 2 unspecified atom stereocenters. The summed E-state index contributed by atoms with van der Waals surface area (Å²) < 4.78 is 0. The standard InChI is InChI=1S/C14H26O5S2/c1-3-5-7-9-20-11(12(15)16)14(19,13(17)18)21-10-8-6-4-2/h11,19H,3-10H2,1-2H3,(H,15,16)(H,17,18). The van der Waals surface area contributed by atoms with Crippen molar-refractivity contribution in [2.75, 3.05) is 11.5 Å². The van der Waals surface area contributed by atoms with Crippen molar-refractivity contribution in [1.29, 1.82) is 0 Å². The average molecular weight is 338 g/mol. The van der Waals surface area contributed by atoms with E-state index in [2.05, 4.69) is 0 Å². The molecule has 5 nitrogen and oxygen atoms in total. The van der Waals surface area contributed by atoms with Crippen molar-refractivity contribution < 1.29 is 24.9 Å². The zero-order valence-electron chi connectivity index (χ0n) is 12.7. The SMILES string of the molecule is CCCCCSC(C(=O)O)C(O)(SCCCCC)C(=O)O. The van der Waals surface area contributed by atoms with Gasteiger partial charge in [-0.3, -0.25) is 4.79 Å². The monoisotopic (exact) mass is 338 g/mol. The number of rotatable bonds is 13. The first kappa shape index (κ1) is 20.6. The van der Waals surface area contributed by atoms with Crippen LogP contribution in [0.15, 0.2) is 0 Å². The molecule has 0 rings (SSSR count). The van der Waals surface area contributed by atoms with Crippen LogP contribution < -0.4 is 0 Å². The summed E-state index contributed by atoms with van der Waals surface area (Å²) in [5, 5.41) is 27.5. The van der Waals surface area contributed by atoms with E-state index in [9.17, 15) is 24.9 Å². The van der Waals surface area contributed by atoms with Crippen LogP contribution in [0.1, 0.15) is 52.4 Å². The molecule has 0 bridgehead atoms. The van der Waals surface area contributed by atoms with Gasteiger partial charge in [0.2, 0.25) is 4.93 Å². The molecule has 0 aromatic rings. The van der Waals surface area contributed by atoms with Crippen LogP contribution in [0.4, 0.5) is 0 Å². The average Bonchev–Trinajstić information content (AvgIpc) is 2.42. The van der Waals surface area contributed by atoms with Crippen LogP contribution in [0.25, 0.3) is 0 Å². The van der Waals surface area contributed by atoms with Crippen molar-refractivity contribution in [3.05, 3.63) is 0 Å². The Morgan fingerprint density at radius 2 is 1.52 bits per heavy atom. The molecule has 124 valence electrons. The summed E-state index contributed by atoms with van der Waals surface area (Å²) in [6.07, 6.45) is 5.48. The smallest absolute Gasteiger partial charge is 0.348 e. The normalized spacial score (nSPS) is 15.4. The van der Waals surface area contributed by atoms with Crippen LogP contribution in [-0.2, 0) is 9.59 Å². The summed E-state index contributed by atoms with van der Waals surface area (Å²) in [6, 6.07) is 0. The summed E-state index contributed by atoms with van der Waals surface area (Å²) in [5.41, 5.74) is 0. The van der Waals surface area contributed by atoms with Crippen molar-refractivity contribution >= 4 is 35.5 Å². The third-order valence-electron chi connectivity index (χ3n) is 2.99. The Balaban J connectivity index is 4.72. The third-order valence-corrected chi connectivity index (χ3v) is 5.88. The Morgan fingerprint density at radius 1 is 1.00 bits per heavy atom. The molecule has 0 fully saturated rings. The Kier molecular flexibility index (Phi) is 11.0. The second-order valence-electron chi connectivity index (χ2n) is 4.85. The molecule has 0 aromatic heterocycles. The van der Waals surface area contributed by atoms with E-state index in [4.69, 9.17) is 0 Å². The topological polar surface area (TPSA) is 94.8 Å². The quantitative estimate of drug-likeness (QED) is 0.351. The highest BCUT2D eigenvalue weighted by atomic mass is 32.2. The molecule has 0 saturated carbocycles. The fraction of sp³-hybridized carbons (Fsp3) is 0.857. The Morgan fingerprint density at radius 3 is 1.95 bits per heavy atom. The molecule has 21 heavy (non-hydrogen) atoms. The van der Waals surface area contributed by atoms with E-state index in [0.717, 1.165) is 62.0 Å². The molecule has 3 N–H and O–H groups in total. The predicted molar refractivity (Wildman–Crippen MR) is 88.0 cm³/mol. The van der Waals surface area contributed by atoms with Crippen molar-refractivity contribution in [3.63, 3.8) is 0 Å². The van der Waals surface area contributed by atoms with Gasteiger partial charge in [0.15, 0.2) is 5.25 Å². The number of carboxylic acid groups (broad SMARTS) is 2. The Labute approximate surface area is 134 Å². The van der Waals surface area contributed by atoms with Crippen LogP contribution in [0.2, 0.25) is 0 Å². The lowest BCUT2D eigenvalue weighted by Gasteiger charge is -2.28. The van der Waals surface area contributed by atoms with Gasteiger partial charge < -0.3 is 15.3 Å². The molecule has 7 heteroatoms. The zero-order valence-corrected chi connectivity index (χ0v) is 14.3. The van der Waals surface area contributed by atoms with Gasteiger partial charge >= 0.3 is 11.9 Å². The lowest BCUT2D eigenvalue weighted by atomic mass is 10.2. The lowest BCUT2D eigenvalue weighted by Crippen LogP contribution is -2.49. The summed E-state index contributed by atoms with van der Waals surface area (Å²) in [7, 11) is 0. The largest absolute Gasteiger partial charge is 0.480 e. The van der Waals surface area contributed by atoms with E-state index in [-0.39, 0.29) is 0 Å².